The van der Waals surface area contributed by atoms with Crippen LogP contribution in [-0.2, 0) is 9.59 Å². The number of amides is 2. The molecule has 1 atom stereocenters. The highest BCUT2D eigenvalue weighted by Crippen LogP contribution is 2.29. The van der Waals surface area contributed by atoms with E-state index in [0.717, 1.165) is 5.56 Å². The number of methoxy groups -OCH3 is 2. The zero-order valence-electron chi connectivity index (χ0n) is 13.8. The van der Waals surface area contributed by atoms with Crippen LogP contribution < -0.4 is 20.1 Å². The summed E-state index contributed by atoms with van der Waals surface area (Å²) >= 11 is 0. The Balaban J connectivity index is 2.04. The number of benzene rings is 2. The van der Waals surface area contributed by atoms with Crippen molar-refractivity contribution in [1.82, 2.24) is 5.32 Å². The van der Waals surface area contributed by atoms with Crippen LogP contribution >= 0.6 is 0 Å². The molecule has 0 aliphatic carbocycles. The summed E-state index contributed by atoms with van der Waals surface area (Å²) in [6.07, 6.45) is 0. The molecule has 0 aliphatic rings. The van der Waals surface area contributed by atoms with Gasteiger partial charge in [0.1, 0.15) is 11.5 Å². The molecule has 0 radical (unpaired) electrons. The number of ether oxygens (including phenoxy) is 2. The van der Waals surface area contributed by atoms with Crippen molar-refractivity contribution in [1.29, 1.82) is 0 Å². The number of para-hydroxylation sites is 1. The number of carbonyl (C=O) groups excluding carboxylic acids is 2. The SMILES string of the molecule is COc1ccc(C(C)NC(=O)C(=O)Nc2ccccc2)c(OC)c1. The van der Waals surface area contributed by atoms with Gasteiger partial charge in [-0.3, -0.25) is 9.59 Å². The molecule has 6 heteroatoms. The van der Waals surface area contributed by atoms with Gasteiger partial charge in [-0.15, -0.1) is 0 Å². The lowest BCUT2D eigenvalue weighted by Crippen LogP contribution is -2.37. The minimum Gasteiger partial charge on any atom is -0.497 e. The molecule has 0 saturated carbocycles. The Morgan fingerprint density at radius 1 is 0.958 bits per heavy atom. The standard InChI is InChI=1S/C18H20N2O4/c1-12(15-10-9-14(23-2)11-16(15)24-3)19-17(21)18(22)20-13-7-5-4-6-8-13/h4-12H,1-3H3,(H,19,21)(H,20,22). The van der Waals surface area contributed by atoms with Crippen molar-refractivity contribution in [2.24, 2.45) is 0 Å². The van der Waals surface area contributed by atoms with Crippen LogP contribution in [0.25, 0.3) is 0 Å². The Hall–Kier alpha value is -3.02. The summed E-state index contributed by atoms with van der Waals surface area (Å²) in [6.45, 7) is 1.78. The van der Waals surface area contributed by atoms with E-state index in [0.29, 0.717) is 17.2 Å². The molecular weight excluding hydrogens is 308 g/mol. The third kappa shape index (κ3) is 4.25. The third-order valence-electron chi connectivity index (χ3n) is 3.49. The molecule has 0 saturated heterocycles. The summed E-state index contributed by atoms with van der Waals surface area (Å²) in [5.41, 5.74) is 1.31. The number of anilines is 1. The lowest BCUT2D eigenvalue weighted by molar-refractivity contribution is -0.136. The zero-order chi connectivity index (χ0) is 17.5. The smallest absolute Gasteiger partial charge is 0.313 e. The number of hydrogen-bond donors (Lipinski definition) is 2. The maximum atomic E-state index is 12.1. The maximum Gasteiger partial charge on any atom is 0.313 e. The quantitative estimate of drug-likeness (QED) is 0.827. The molecule has 2 amide bonds. The minimum atomic E-state index is -0.722. The van der Waals surface area contributed by atoms with Crippen LogP contribution in [-0.4, -0.2) is 26.0 Å². The predicted molar refractivity (Wildman–Crippen MR) is 91.2 cm³/mol. The lowest BCUT2D eigenvalue weighted by Gasteiger charge is -2.17. The van der Waals surface area contributed by atoms with E-state index in [1.807, 2.05) is 6.07 Å². The lowest BCUT2D eigenvalue weighted by atomic mass is 10.1. The number of rotatable bonds is 5. The van der Waals surface area contributed by atoms with E-state index in [1.54, 1.807) is 56.5 Å². The number of carbonyl (C=O) groups is 2. The van der Waals surface area contributed by atoms with Gasteiger partial charge in [-0.2, -0.15) is 0 Å². The van der Waals surface area contributed by atoms with Crippen molar-refractivity contribution in [3.8, 4) is 11.5 Å². The molecule has 0 bridgehead atoms. The van der Waals surface area contributed by atoms with Gasteiger partial charge in [0.2, 0.25) is 0 Å². The van der Waals surface area contributed by atoms with E-state index in [2.05, 4.69) is 10.6 Å². The van der Waals surface area contributed by atoms with E-state index >= 15 is 0 Å². The summed E-state index contributed by atoms with van der Waals surface area (Å²) in [5.74, 6) is -0.216. The van der Waals surface area contributed by atoms with Gasteiger partial charge < -0.3 is 20.1 Å². The number of nitrogens with one attached hydrogen (secondary N) is 2. The first-order chi connectivity index (χ1) is 11.5. The van der Waals surface area contributed by atoms with Gasteiger partial charge >= 0.3 is 11.8 Å². The molecule has 0 aliphatic heterocycles. The largest absolute Gasteiger partial charge is 0.497 e. The molecule has 2 aromatic carbocycles. The van der Waals surface area contributed by atoms with Gasteiger partial charge in [0, 0.05) is 17.3 Å². The second-order valence-electron chi connectivity index (χ2n) is 5.12. The molecule has 0 fully saturated rings. The van der Waals surface area contributed by atoms with Crippen molar-refractivity contribution in [3.63, 3.8) is 0 Å². The Labute approximate surface area is 140 Å². The third-order valence-corrected chi connectivity index (χ3v) is 3.49. The second kappa shape index (κ2) is 8.01. The minimum absolute atomic E-state index is 0.403. The Morgan fingerprint density at radius 2 is 1.67 bits per heavy atom. The van der Waals surface area contributed by atoms with Gasteiger partial charge in [0.05, 0.1) is 20.3 Å². The molecule has 2 aromatic rings. The Kier molecular flexibility index (Phi) is 5.78. The van der Waals surface area contributed by atoms with E-state index in [4.69, 9.17) is 9.47 Å². The van der Waals surface area contributed by atoms with Crippen molar-refractivity contribution < 1.29 is 19.1 Å². The number of hydrogen-bond acceptors (Lipinski definition) is 4. The van der Waals surface area contributed by atoms with Gasteiger partial charge in [-0.05, 0) is 31.2 Å². The first-order valence-corrected chi connectivity index (χ1v) is 7.44. The molecule has 2 N–H and O–H groups in total. The fourth-order valence-corrected chi connectivity index (χ4v) is 2.23. The van der Waals surface area contributed by atoms with Gasteiger partial charge in [-0.1, -0.05) is 18.2 Å². The summed E-state index contributed by atoms with van der Waals surface area (Å²) in [6, 6.07) is 13.7. The Morgan fingerprint density at radius 3 is 2.29 bits per heavy atom. The van der Waals surface area contributed by atoms with E-state index < -0.39 is 17.9 Å². The summed E-state index contributed by atoms with van der Waals surface area (Å²) in [5, 5.41) is 5.20. The fraction of sp³-hybridized carbons (Fsp3) is 0.222. The van der Waals surface area contributed by atoms with Gasteiger partial charge in [0.15, 0.2) is 0 Å². The second-order valence-corrected chi connectivity index (χ2v) is 5.12. The predicted octanol–water partition coefficient (Wildman–Crippen LogP) is 2.52. The highest BCUT2D eigenvalue weighted by Gasteiger charge is 2.19. The highest BCUT2D eigenvalue weighted by molar-refractivity contribution is 6.39. The van der Waals surface area contributed by atoms with Crippen molar-refractivity contribution >= 4 is 17.5 Å². The van der Waals surface area contributed by atoms with Crippen molar-refractivity contribution in [3.05, 3.63) is 54.1 Å². The van der Waals surface area contributed by atoms with Crippen LogP contribution in [0, 0.1) is 0 Å². The van der Waals surface area contributed by atoms with Crippen LogP contribution in [0.3, 0.4) is 0 Å². The summed E-state index contributed by atoms with van der Waals surface area (Å²) < 4.78 is 10.5. The van der Waals surface area contributed by atoms with Crippen molar-refractivity contribution in [2.45, 2.75) is 13.0 Å². The summed E-state index contributed by atoms with van der Waals surface area (Å²) in [4.78, 5) is 24.0. The maximum absolute atomic E-state index is 12.1. The van der Waals surface area contributed by atoms with Crippen LogP contribution in [0.1, 0.15) is 18.5 Å². The average molecular weight is 328 g/mol. The van der Waals surface area contributed by atoms with E-state index in [-0.39, 0.29) is 0 Å². The molecule has 0 aromatic heterocycles. The molecule has 6 nitrogen and oxygen atoms in total. The molecule has 0 spiro atoms. The normalized spacial score (nSPS) is 11.3. The van der Waals surface area contributed by atoms with Crippen molar-refractivity contribution in [2.75, 3.05) is 19.5 Å². The molecule has 1 unspecified atom stereocenters. The molecular formula is C18H20N2O4. The first-order valence-electron chi connectivity index (χ1n) is 7.44. The zero-order valence-corrected chi connectivity index (χ0v) is 13.8. The Bertz CT molecular complexity index is 716. The van der Waals surface area contributed by atoms with Crippen LogP contribution in [0.2, 0.25) is 0 Å². The monoisotopic (exact) mass is 328 g/mol. The van der Waals surface area contributed by atoms with Crippen LogP contribution in [0.15, 0.2) is 48.5 Å². The fourth-order valence-electron chi connectivity index (χ4n) is 2.23. The van der Waals surface area contributed by atoms with Crippen LogP contribution in [0.4, 0.5) is 5.69 Å². The summed E-state index contributed by atoms with van der Waals surface area (Å²) in [7, 11) is 3.10. The first kappa shape index (κ1) is 17.3. The van der Waals surface area contributed by atoms with E-state index in [1.165, 1.54) is 7.11 Å². The van der Waals surface area contributed by atoms with E-state index in [9.17, 15) is 9.59 Å². The molecule has 24 heavy (non-hydrogen) atoms. The van der Waals surface area contributed by atoms with Gasteiger partial charge in [-0.25, -0.2) is 0 Å². The molecule has 2 rings (SSSR count). The van der Waals surface area contributed by atoms with Crippen LogP contribution in [0.5, 0.6) is 11.5 Å². The highest BCUT2D eigenvalue weighted by atomic mass is 16.5. The van der Waals surface area contributed by atoms with Gasteiger partial charge in [0.25, 0.3) is 0 Å². The topological polar surface area (TPSA) is 76.7 Å². The molecule has 0 heterocycles. The molecule has 126 valence electrons. The average Bonchev–Trinajstić information content (AvgIpc) is 2.61.